The van der Waals surface area contributed by atoms with Crippen LogP contribution in [0.5, 0.6) is 0 Å². The Morgan fingerprint density at radius 2 is 1.97 bits per heavy atom. The number of hydrogen-bond acceptors (Lipinski definition) is 6. The van der Waals surface area contributed by atoms with Crippen LogP contribution in [0.4, 0.5) is 5.95 Å². The van der Waals surface area contributed by atoms with Crippen molar-refractivity contribution in [3.8, 4) is 0 Å². The number of hydrogen-bond donors (Lipinski definition) is 3. The smallest absolute Gasteiger partial charge is 0.227 e. The molecule has 5 rings (SSSR count). The van der Waals surface area contributed by atoms with Crippen LogP contribution >= 0.6 is 0 Å². The van der Waals surface area contributed by atoms with Gasteiger partial charge in [-0.1, -0.05) is 13.3 Å². The summed E-state index contributed by atoms with van der Waals surface area (Å²) in [6, 6.07) is 0.698. The average Bonchev–Trinajstić information content (AvgIpc) is 3.53. The van der Waals surface area contributed by atoms with Crippen LogP contribution < -0.4 is 10.6 Å². The van der Waals surface area contributed by atoms with Gasteiger partial charge in [0.1, 0.15) is 5.65 Å². The second-order valence-corrected chi connectivity index (χ2v) is 11.0. The molecule has 3 N–H and O–H groups in total. The highest BCUT2D eigenvalue weighted by Gasteiger charge is 2.32. The van der Waals surface area contributed by atoms with Crippen molar-refractivity contribution in [3.63, 3.8) is 0 Å². The molecule has 2 aromatic rings. The molecule has 2 atom stereocenters. The number of fused-ring (bicyclic) bond motifs is 1. The maximum atomic E-state index is 12.9. The van der Waals surface area contributed by atoms with E-state index < -0.39 is 0 Å². The summed E-state index contributed by atoms with van der Waals surface area (Å²) < 4.78 is 2.37. The molecule has 8 heteroatoms. The Labute approximate surface area is 208 Å². The van der Waals surface area contributed by atoms with Gasteiger partial charge in [-0.3, -0.25) is 4.79 Å². The first kappa shape index (κ1) is 24.5. The van der Waals surface area contributed by atoms with E-state index in [9.17, 15) is 9.90 Å². The standard InChI is InChI=1S/C27H42N6O2/c1-3-4-18(2)30-27-29-16-23-24(17-33(25(23)31-27)21-5-7-22(34)8-6-21)19-10-13-32(14-11-19)26(35)20-9-12-28-15-20/h16-22,28,34H,3-15H2,1-2H3,(H,29,30,31)/t18-,20?,21-,22-/m0/s1. The van der Waals surface area contributed by atoms with E-state index in [0.29, 0.717) is 29.9 Å². The number of aliphatic hydroxyl groups is 1. The minimum Gasteiger partial charge on any atom is -0.393 e. The number of nitrogens with one attached hydrogen (secondary N) is 2. The molecule has 35 heavy (non-hydrogen) atoms. The maximum absolute atomic E-state index is 12.9. The molecule has 4 heterocycles. The second kappa shape index (κ2) is 10.8. The Balaban J connectivity index is 1.38. The predicted molar refractivity (Wildman–Crippen MR) is 139 cm³/mol. The topological polar surface area (TPSA) is 95.3 Å². The lowest BCUT2D eigenvalue weighted by Gasteiger charge is -2.33. The summed E-state index contributed by atoms with van der Waals surface area (Å²) in [7, 11) is 0. The molecule has 0 radical (unpaired) electrons. The molecule has 3 fully saturated rings. The zero-order valence-electron chi connectivity index (χ0n) is 21.4. The molecule has 0 bridgehead atoms. The fraction of sp³-hybridized carbons (Fsp3) is 0.741. The van der Waals surface area contributed by atoms with E-state index in [4.69, 9.17) is 9.97 Å². The third-order valence-corrected chi connectivity index (χ3v) is 8.42. The lowest BCUT2D eigenvalue weighted by molar-refractivity contribution is -0.136. The van der Waals surface area contributed by atoms with Crippen LogP contribution in [-0.4, -0.2) is 68.8 Å². The van der Waals surface area contributed by atoms with Crippen LogP contribution in [0.15, 0.2) is 12.4 Å². The van der Waals surface area contributed by atoms with E-state index in [1.54, 1.807) is 0 Å². The summed E-state index contributed by atoms with van der Waals surface area (Å²) in [5.41, 5.74) is 2.34. The predicted octanol–water partition coefficient (Wildman–Crippen LogP) is 3.82. The third-order valence-electron chi connectivity index (χ3n) is 8.42. The van der Waals surface area contributed by atoms with Gasteiger partial charge in [0, 0.05) is 49.5 Å². The number of anilines is 1. The van der Waals surface area contributed by atoms with Crippen molar-refractivity contribution in [2.75, 3.05) is 31.5 Å². The van der Waals surface area contributed by atoms with Crippen molar-refractivity contribution in [2.45, 2.75) is 95.7 Å². The quantitative estimate of drug-likeness (QED) is 0.555. The highest BCUT2D eigenvalue weighted by atomic mass is 16.3. The maximum Gasteiger partial charge on any atom is 0.227 e. The van der Waals surface area contributed by atoms with Crippen molar-refractivity contribution < 1.29 is 9.90 Å². The van der Waals surface area contributed by atoms with E-state index in [1.165, 1.54) is 5.56 Å². The Bertz CT molecular complexity index is 1000. The van der Waals surface area contributed by atoms with Gasteiger partial charge in [-0.2, -0.15) is 4.98 Å². The Morgan fingerprint density at radius 1 is 1.20 bits per heavy atom. The number of carbonyl (C=O) groups is 1. The average molecular weight is 483 g/mol. The lowest BCUT2D eigenvalue weighted by atomic mass is 9.89. The molecular formula is C27H42N6O2. The molecule has 8 nitrogen and oxygen atoms in total. The molecule has 1 amide bonds. The van der Waals surface area contributed by atoms with E-state index in [2.05, 4.69) is 40.1 Å². The number of nitrogens with zero attached hydrogens (tertiary/aromatic N) is 4. The number of amides is 1. The van der Waals surface area contributed by atoms with Crippen LogP contribution in [-0.2, 0) is 4.79 Å². The largest absolute Gasteiger partial charge is 0.393 e. The number of likely N-dealkylation sites (tertiary alicyclic amines) is 1. The van der Waals surface area contributed by atoms with Crippen molar-refractivity contribution >= 4 is 22.9 Å². The van der Waals surface area contributed by atoms with Gasteiger partial charge in [-0.25, -0.2) is 4.98 Å². The Morgan fingerprint density at radius 3 is 2.66 bits per heavy atom. The molecule has 192 valence electrons. The zero-order valence-corrected chi connectivity index (χ0v) is 21.4. The molecule has 0 spiro atoms. The molecule has 1 saturated carbocycles. The van der Waals surface area contributed by atoms with Crippen molar-refractivity contribution in [3.05, 3.63) is 18.0 Å². The lowest BCUT2D eigenvalue weighted by Crippen LogP contribution is -2.41. The van der Waals surface area contributed by atoms with Gasteiger partial charge in [0.05, 0.1) is 12.0 Å². The van der Waals surface area contributed by atoms with Crippen molar-refractivity contribution in [1.82, 2.24) is 24.8 Å². The summed E-state index contributed by atoms with van der Waals surface area (Å²) in [6.07, 6.45) is 13.0. The number of aromatic nitrogens is 3. The van der Waals surface area contributed by atoms with Gasteiger partial charge in [0.25, 0.3) is 0 Å². The minimum atomic E-state index is -0.175. The first-order valence-electron chi connectivity index (χ1n) is 13.8. The second-order valence-electron chi connectivity index (χ2n) is 11.0. The fourth-order valence-electron chi connectivity index (χ4n) is 6.32. The number of aliphatic hydroxyl groups excluding tert-OH is 1. The van der Waals surface area contributed by atoms with Crippen LogP contribution in [0.3, 0.4) is 0 Å². The SMILES string of the molecule is CCC[C@H](C)Nc1ncc2c(C3CCN(C(=O)C4CCNC4)CC3)cn([C@H]3CC[C@H](O)CC3)c2n1. The highest BCUT2D eigenvalue weighted by molar-refractivity contribution is 5.82. The number of carbonyl (C=O) groups excluding carboxylic acids is 1. The molecule has 3 aliphatic rings. The molecule has 2 aromatic heterocycles. The fourth-order valence-corrected chi connectivity index (χ4v) is 6.32. The van der Waals surface area contributed by atoms with E-state index in [-0.39, 0.29) is 12.0 Å². The Hall–Kier alpha value is -2.19. The minimum absolute atomic E-state index is 0.157. The molecule has 1 aliphatic carbocycles. The molecule has 2 saturated heterocycles. The van der Waals surface area contributed by atoms with Crippen LogP contribution in [0.2, 0.25) is 0 Å². The van der Waals surface area contributed by atoms with E-state index in [0.717, 1.165) is 95.0 Å². The first-order chi connectivity index (χ1) is 17.0. The summed E-state index contributed by atoms with van der Waals surface area (Å²) >= 11 is 0. The van der Waals surface area contributed by atoms with Gasteiger partial charge < -0.3 is 25.2 Å². The molecule has 0 aromatic carbocycles. The van der Waals surface area contributed by atoms with E-state index >= 15 is 0 Å². The highest BCUT2D eigenvalue weighted by Crippen LogP contribution is 2.38. The first-order valence-corrected chi connectivity index (χ1v) is 13.8. The number of piperidine rings is 1. The van der Waals surface area contributed by atoms with Crippen LogP contribution in [0.1, 0.15) is 89.2 Å². The number of rotatable bonds is 7. The summed E-state index contributed by atoms with van der Waals surface area (Å²) in [6.45, 7) is 7.82. The summed E-state index contributed by atoms with van der Waals surface area (Å²) in [5, 5.41) is 18.0. The van der Waals surface area contributed by atoms with Crippen molar-refractivity contribution in [1.29, 1.82) is 0 Å². The van der Waals surface area contributed by atoms with Gasteiger partial charge in [-0.15, -0.1) is 0 Å². The normalized spacial score (nSPS) is 26.8. The van der Waals surface area contributed by atoms with E-state index in [1.807, 2.05) is 6.20 Å². The Kier molecular flexibility index (Phi) is 7.58. The molecular weight excluding hydrogens is 440 g/mol. The zero-order chi connectivity index (χ0) is 24.4. The monoisotopic (exact) mass is 482 g/mol. The van der Waals surface area contributed by atoms with Crippen LogP contribution in [0.25, 0.3) is 11.0 Å². The summed E-state index contributed by atoms with van der Waals surface area (Å²) in [4.78, 5) is 24.7. The molecule has 1 unspecified atom stereocenters. The van der Waals surface area contributed by atoms with Gasteiger partial charge in [0.15, 0.2) is 0 Å². The molecule has 2 aliphatic heterocycles. The third kappa shape index (κ3) is 5.33. The van der Waals surface area contributed by atoms with Crippen molar-refractivity contribution in [2.24, 2.45) is 5.92 Å². The van der Waals surface area contributed by atoms with Gasteiger partial charge >= 0.3 is 0 Å². The van der Waals surface area contributed by atoms with Crippen LogP contribution in [0, 0.1) is 5.92 Å². The van der Waals surface area contributed by atoms with Gasteiger partial charge in [0.2, 0.25) is 11.9 Å². The van der Waals surface area contributed by atoms with Gasteiger partial charge in [-0.05, 0) is 76.3 Å². The summed E-state index contributed by atoms with van der Waals surface area (Å²) in [5.74, 6) is 1.60.